The predicted octanol–water partition coefficient (Wildman–Crippen LogP) is 2.08. The van der Waals surface area contributed by atoms with E-state index in [0.717, 1.165) is 0 Å². The van der Waals surface area contributed by atoms with Crippen molar-refractivity contribution in [1.29, 1.82) is 0 Å². The fourth-order valence-electron chi connectivity index (χ4n) is 1.29. The van der Waals surface area contributed by atoms with E-state index in [-0.39, 0.29) is 12.0 Å². The summed E-state index contributed by atoms with van der Waals surface area (Å²) in [7, 11) is 0. The number of nitrogens with one attached hydrogen (secondary N) is 1. The average Bonchev–Trinajstić information content (AvgIpc) is 2.23. The van der Waals surface area contributed by atoms with Gasteiger partial charge in [0.25, 0.3) is 5.91 Å². The summed E-state index contributed by atoms with van der Waals surface area (Å²) in [6, 6.07) is 4.80. The zero-order valence-corrected chi connectivity index (χ0v) is 10.8. The first-order valence-corrected chi connectivity index (χ1v) is 5.83. The van der Waals surface area contributed by atoms with E-state index in [1.54, 1.807) is 18.2 Å². The fourth-order valence-corrected chi connectivity index (χ4v) is 1.48. The SMILES string of the molecule is CC(C)OCCNC(=O)c1ccc(Cl)cc1N. The molecule has 0 aromatic heterocycles. The van der Waals surface area contributed by atoms with E-state index in [9.17, 15) is 4.79 Å². The smallest absolute Gasteiger partial charge is 0.253 e. The van der Waals surface area contributed by atoms with Crippen molar-refractivity contribution in [2.24, 2.45) is 0 Å². The minimum Gasteiger partial charge on any atom is -0.398 e. The zero-order chi connectivity index (χ0) is 12.8. The predicted molar refractivity (Wildman–Crippen MR) is 69.3 cm³/mol. The van der Waals surface area contributed by atoms with Gasteiger partial charge in [-0.1, -0.05) is 11.6 Å². The number of benzene rings is 1. The normalized spacial score (nSPS) is 10.6. The maximum atomic E-state index is 11.7. The first-order chi connectivity index (χ1) is 8.00. The highest BCUT2D eigenvalue weighted by atomic mass is 35.5. The number of carbonyl (C=O) groups is 1. The molecule has 17 heavy (non-hydrogen) atoms. The molecule has 0 aliphatic rings. The Hall–Kier alpha value is -1.26. The highest BCUT2D eigenvalue weighted by molar-refractivity contribution is 6.31. The van der Waals surface area contributed by atoms with Gasteiger partial charge >= 0.3 is 0 Å². The van der Waals surface area contributed by atoms with Gasteiger partial charge in [-0.3, -0.25) is 4.79 Å². The number of rotatable bonds is 5. The van der Waals surface area contributed by atoms with Crippen LogP contribution in [-0.2, 0) is 4.74 Å². The molecule has 1 aromatic rings. The molecule has 0 radical (unpaired) electrons. The highest BCUT2D eigenvalue weighted by Gasteiger charge is 2.09. The number of hydrogen-bond acceptors (Lipinski definition) is 3. The molecule has 0 saturated heterocycles. The van der Waals surface area contributed by atoms with Crippen LogP contribution >= 0.6 is 11.6 Å². The van der Waals surface area contributed by atoms with Crippen molar-refractivity contribution in [1.82, 2.24) is 5.32 Å². The topological polar surface area (TPSA) is 64.3 Å². The van der Waals surface area contributed by atoms with Crippen LogP contribution in [0.2, 0.25) is 5.02 Å². The monoisotopic (exact) mass is 256 g/mol. The van der Waals surface area contributed by atoms with E-state index >= 15 is 0 Å². The lowest BCUT2D eigenvalue weighted by Gasteiger charge is -2.10. The van der Waals surface area contributed by atoms with Crippen LogP contribution < -0.4 is 11.1 Å². The molecule has 0 heterocycles. The Balaban J connectivity index is 2.47. The summed E-state index contributed by atoms with van der Waals surface area (Å²) in [6.07, 6.45) is 0.160. The van der Waals surface area contributed by atoms with Gasteiger partial charge in [-0.2, -0.15) is 0 Å². The second kappa shape index (κ2) is 6.47. The molecule has 0 unspecified atom stereocenters. The molecule has 0 saturated carbocycles. The van der Waals surface area contributed by atoms with Crippen molar-refractivity contribution in [3.05, 3.63) is 28.8 Å². The number of anilines is 1. The summed E-state index contributed by atoms with van der Waals surface area (Å²) in [4.78, 5) is 11.7. The number of amides is 1. The van der Waals surface area contributed by atoms with Crippen LogP contribution in [0.5, 0.6) is 0 Å². The Kier molecular flexibility index (Phi) is 5.25. The van der Waals surface area contributed by atoms with Gasteiger partial charge in [-0.25, -0.2) is 0 Å². The van der Waals surface area contributed by atoms with Crippen molar-refractivity contribution in [2.75, 3.05) is 18.9 Å². The van der Waals surface area contributed by atoms with Gasteiger partial charge in [-0.15, -0.1) is 0 Å². The molecule has 0 fully saturated rings. The highest BCUT2D eigenvalue weighted by Crippen LogP contribution is 2.17. The average molecular weight is 257 g/mol. The molecule has 0 spiro atoms. The van der Waals surface area contributed by atoms with Crippen LogP contribution in [0.1, 0.15) is 24.2 Å². The Morgan fingerprint density at radius 2 is 2.24 bits per heavy atom. The van der Waals surface area contributed by atoms with Gasteiger partial charge in [-0.05, 0) is 32.0 Å². The third-order valence-electron chi connectivity index (χ3n) is 2.10. The standard InChI is InChI=1S/C12H17ClN2O2/c1-8(2)17-6-5-15-12(16)10-4-3-9(13)7-11(10)14/h3-4,7-8H,5-6,14H2,1-2H3,(H,15,16). The Bertz CT molecular complexity index is 394. The van der Waals surface area contributed by atoms with Crippen molar-refractivity contribution in [2.45, 2.75) is 20.0 Å². The molecule has 0 aliphatic carbocycles. The Morgan fingerprint density at radius 1 is 1.53 bits per heavy atom. The van der Waals surface area contributed by atoms with Crippen LogP contribution in [0.15, 0.2) is 18.2 Å². The molecule has 0 bridgehead atoms. The van der Waals surface area contributed by atoms with Crippen LogP contribution in [0.3, 0.4) is 0 Å². The van der Waals surface area contributed by atoms with Gasteiger partial charge in [0.2, 0.25) is 0 Å². The second-order valence-corrected chi connectivity index (χ2v) is 4.34. The van der Waals surface area contributed by atoms with Crippen LogP contribution in [0.25, 0.3) is 0 Å². The van der Waals surface area contributed by atoms with Gasteiger partial charge < -0.3 is 15.8 Å². The van der Waals surface area contributed by atoms with Crippen molar-refractivity contribution >= 4 is 23.2 Å². The maximum Gasteiger partial charge on any atom is 0.253 e. The molecule has 5 heteroatoms. The largest absolute Gasteiger partial charge is 0.398 e. The lowest BCUT2D eigenvalue weighted by molar-refractivity contribution is 0.0747. The van der Waals surface area contributed by atoms with Crippen molar-refractivity contribution in [3.8, 4) is 0 Å². The molecule has 94 valence electrons. The lowest BCUT2D eigenvalue weighted by atomic mass is 10.1. The quantitative estimate of drug-likeness (QED) is 0.626. The molecule has 1 aromatic carbocycles. The number of carbonyl (C=O) groups excluding carboxylic acids is 1. The Morgan fingerprint density at radius 3 is 2.82 bits per heavy atom. The summed E-state index contributed by atoms with van der Waals surface area (Å²) in [6.45, 7) is 4.83. The lowest BCUT2D eigenvalue weighted by Crippen LogP contribution is -2.28. The molecule has 4 nitrogen and oxygen atoms in total. The number of nitrogen functional groups attached to an aromatic ring is 1. The van der Waals surface area contributed by atoms with Crippen molar-refractivity contribution < 1.29 is 9.53 Å². The van der Waals surface area contributed by atoms with E-state index in [4.69, 9.17) is 22.1 Å². The third kappa shape index (κ3) is 4.63. The maximum absolute atomic E-state index is 11.7. The summed E-state index contributed by atoms with van der Waals surface area (Å²) < 4.78 is 5.31. The molecule has 3 N–H and O–H groups in total. The van der Waals surface area contributed by atoms with Gasteiger partial charge in [0.15, 0.2) is 0 Å². The summed E-state index contributed by atoms with van der Waals surface area (Å²) in [5.41, 5.74) is 6.50. The van der Waals surface area contributed by atoms with Gasteiger partial charge in [0.05, 0.1) is 18.3 Å². The molecular weight excluding hydrogens is 240 g/mol. The Labute approximate surface area is 106 Å². The minimum absolute atomic E-state index is 0.160. The summed E-state index contributed by atoms with van der Waals surface area (Å²) in [5.74, 6) is -0.216. The molecular formula is C12H17ClN2O2. The first kappa shape index (κ1) is 13.8. The molecule has 1 rings (SSSR count). The zero-order valence-electron chi connectivity index (χ0n) is 10.00. The summed E-state index contributed by atoms with van der Waals surface area (Å²) >= 11 is 5.75. The third-order valence-corrected chi connectivity index (χ3v) is 2.33. The molecule has 1 amide bonds. The molecule has 0 aliphatic heterocycles. The number of hydrogen-bond donors (Lipinski definition) is 2. The fraction of sp³-hybridized carbons (Fsp3) is 0.417. The van der Waals surface area contributed by atoms with E-state index in [0.29, 0.717) is 29.4 Å². The van der Waals surface area contributed by atoms with E-state index in [1.807, 2.05) is 13.8 Å². The van der Waals surface area contributed by atoms with Crippen LogP contribution in [0, 0.1) is 0 Å². The summed E-state index contributed by atoms with van der Waals surface area (Å²) in [5, 5.41) is 3.24. The minimum atomic E-state index is -0.216. The van der Waals surface area contributed by atoms with Crippen LogP contribution in [-0.4, -0.2) is 25.2 Å². The second-order valence-electron chi connectivity index (χ2n) is 3.91. The van der Waals surface area contributed by atoms with Gasteiger partial charge in [0, 0.05) is 17.3 Å². The number of nitrogens with two attached hydrogens (primary N) is 1. The van der Waals surface area contributed by atoms with Crippen molar-refractivity contribution in [3.63, 3.8) is 0 Å². The van der Waals surface area contributed by atoms with Gasteiger partial charge in [0.1, 0.15) is 0 Å². The number of ether oxygens (including phenoxy) is 1. The van der Waals surface area contributed by atoms with Crippen LogP contribution in [0.4, 0.5) is 5.69 Å². The molecule has 0 atom stereocenters. The van der Waals surface area contributed by atoms with E-state index in [2.05, 4.69) is 5.32 Å². The van der Waals surface area contributed by atoms with E-state index < -0.39 is 0 Å². The number of halogens is 1. The van der Waals surface area contributed by atoms with E-state index in [1.165, 1.54) is 0 Å². The first-order valence-electron chi connectivity index (χ1n) is 5.45.